The monoisotopic (exact) mass is 345 g/mol. The summed E-state index contributed by atoms with van der Waals surface area (Å²) in [6.07, 6.45) is 5.82. The molecule has 1 aromatic carbocycles. The number of nitrogens with one attached hydrogen (secondary N) is 1. The van der Waals surface area contributed by atoms with Crippen molar-refractivity contribution in [3.05, 3.63) is 33.9 Å². The Morgan fingerprint density at radius 3 is 2.64 bits per heavy atom. The largest absolute Gasteiger partial charge is 0.339 e. The number of rotatable bonds is 4. The highest BCUT2D eigenvalue weighted by molar-refractivity contribution is 5.97. The van der Waals surface area contributed by atoms with Crippen molar-refractivity contribution in [2.75, 3.05) is 11.9 Å². The van der Waals surface area contributed by atoms with Gasteiger partial charge in [0.05, 0.1) is 10.8 Å². The lowest BCUT2D eigenvalue weighted by molar-refractivity contribution is -0.384. The summed E-state index contributed by atoms with van der Waals surface area (Å²) in [5.41, 5.74) is 1.19. The van der Waals surface area contributed by atoms with Gasteiger partial charge in [0.2, 0.25) is 11.8 Å². The molecule has 7 nitrogen and oxygen atoms in total. The number of nitro benzene ring substituents is 1. The standard InChI is InChI=1S/C18H23N3O4/c1-12-9-15(21(24)25)7-8-16(12)19-18(23)13-10-17(22)20(11-13)14-5-3-2-4-6-14/h7-9,13-14H,2-6,10-11H2,1H3,(H,19,23). The minimum Gasteiger partial charge on any atom is -0.339 e. The van der Waals surface area contributed by atoms with E-state index in [0.717, 1.165) is 25.7 Å². The summed E-state index contributed by atoms with van der Waals surface area (Å²) in [5.74, 6) is -0.486. The van der Waals surface area contributed by atoms with Gasteiger partial charge < -0.3 is 10.2 Å². The van der Waals surface area contributed by atoms with Crippen LogP contribution in [0, 0.1) is 23.0 Å². The van der Waals surface area contributed by atoms with Crippen LogP contribution in [0.4, 0.5) is 11.4 Å². The van der Waals surface area contributed by atoms with Crippen molar-refractivity contribution in [3.63, 3.8) is 0 Å². The third-order valence-electron chi connectivity index (χ3n) is 5.22. The van der Waals surface area contributed by atoms with Gasteiger partial charge in [-0.25, -0.2) is 0 Å². The molecule has 2 fully saturated rings. The van der Waals surface area contributed by atoms with Gasteiger partial charge >= 0.3 is 0 Å². The molecule has 1 saturated heterocycles. The minimum atomic E-state index is -0.462. The van der Waals surface area contributed by atoms with E-state index in [1.54, 1.807) is 13.0 Å². The third kappa shape index (κ3) is 3.81. The number of nitro groups is 1. The highest BCUT2D eigenvalue weighted by Gasteiger charge is 2.38. The molecule has 1 N–H and O–H groups in total. The Labute approximate surface area is 146 Å². The molecule has 0 spiro atoms. The minimum absolute atomic E-state index is 0.00461. The van der Waals surface area contributed by atoms with Gasteiger partial charge in [0.25, 0.3) is 5.69 Å². The van der Waals surface area contributed by atoms with Gasteiger partial charge in [-0.05, 0) is 31.4 Å². The summed E-state index contributed by atoms with van der Waals surface area (Å²) < 4.78 is 0. The van der Waals surface area contributed by atoms with Crippen molar-refractivity contribution in [1.82, 2.24) is 4.90 Å². The van der Waals surface area contributed by atoms with Gasteiger partial charge in [-0.2, -0.15) is 0 Å². The van der Waals surface area contributed by atoms with Crippen LogP contribution < -0.4 is 5.32 Å². The lowest BCUT2D eigenvalue weighted by atomic mass is 9.94. The van der Waals surface area contributed by atoms with Crippen LogP contribution >= 0.6 is 0 Å². The number of hydrogen-bond donors (Lipinski definition) is 1. The van der Waals surface area contributed by atoms with Crippen molar-refractivity contribution in [2.24, 2.45) is 5.92 Å². The quantitative estimate of drug-likeness (QED) is 0.670. The number of likely N-dealkylation sites (tertiary alicyclic amines) is 1. The van der Waals surface area contributed by atoms with Gasteiger partial charge in [-0.1, -0.05) is 19.3 Å². The molecular formula is C18H23N3O4. The molecule has 134 valence electrons. The fraction of sp³-hybridized carbons (Fsp3) is 0.556. The maximum Gasteiger partial charge on any atom is 0.269 e. The lowest BCUT2D eigenvalue weighted by Gasteiger charge is -2.31. The van der Waals surface area contributed by atoms with Crippen LogP contribution in [-0.2, 0) is 9.59 Å². The first-order chi connectivity index (χ1) is 12.0. The zero-order valence-corrected chi connectivity index (χ0v) is 14.4. The Hall–Kier alpha value is -2.44. The van der Waals surface area contributed by atoms with Crippen LogP contribution in [0.2, 0.25) is 0 Å². The number of benzene rings is 1. The fourth-order valence-electron chi connectivity index (χ4n) is 3.79. The van der Waals surface area contributed by atoms with E-state index in [1.807, 2.05) is 4.90 Å². The van der Waals surface area contributed by atoms with Crippen molar-refractivity contribution in [3.8, 4) is 0 Å². The van der Waals surface area contributed by atoms with Crippen LogP contribution in [0.15, 0.2) is 18.2 Å². The number of aryl methyl sites for hydroxylation is 1. The second kappa shape index (κ2) is 7.21. The maximum atomic E-state index is 12.5. The molecule has 0 bridgehead atoms. The van der Waals surface area contributed by atoms with Gasteiger partial charge in [-0.15, -0.1) is 0 Å². The van der Waals surface area contributed by atoms with E-state index in [9.17, 15) is 19.7 Å². The Morgan fingerprint density at radius 2 is 2.00 bits per heavy atom. The summed E-state index contributed by atoms with van der Waals surface area (Å²) in [6.45, 7) is 2.19. The molecule has 1 aliphatic carbocycles. The normalized spacial score (nSPS) is 21.4. The highest BCUT2D eigenvalue weighted by atomic mass is 16.6. The van der Waals surface area contributed by atoms with Crippen LogP contribution in [0.1, 0.15) is 44.1 Å². The number of anilines is 1. The molecule has 1 heterocycles. The molecule has 2 amide bonds. The Balaban J connectivity index is 1.64. The fourth-order valence-corrected chi connectivity index (χ4v) is 3.79. The molecule has 1 aliphatic heterocycles. The summed E-state index contributed by atoms with van der Waals surface area (Å²) in [6, 6.07) is 4.63. The number of non-ortho nitro benzene ring substituents is 1. The van der Waals surface area contributed by atoms with Crippen molar-refractivity contribution >= 4 is 23.2 Å². The highest BCUT2D eigenvalue weighted by Crippen LogP contribution is 2.29. The zero-order chi connectivity index (χ0) is 18.0. The first-order valence-corrected chi connectivity index (χ1v) is 8.81. The first-order valence-electron chi connectivity index (χ1n) is 8.81. The smallest absolute Gasteiger partial charge is 0.269 e. The van der Waals surface area contributed by atoms with E-state index in [1.165, 1.54) is 18.6 Å². The van der Waals surface area contributed by atoms with Crippen LogP contribution in [0.5, 0.6) is 0 Å². The Morgan fingerprint density at radius 1 is 1.28 bits per heavy atom. The molecule has 1 atom stereocenters. The molecule has 1 aromatic rings. The van der Waals surface area contributed by atoms with E-state index < -0.39 is 4.92 Å². The van der Waals surface area contributed by atoms with Crippen molar-refractivity contribution in [2.45, 2.75) is 51.5 Å². The van der Waals surface area contributed by atoms with Crippen molar-refractivity contribution in [1.29, 1.82) is 0 Å². The number of carbonyl (C=O) groups is 2. The predicted molar refractivity (Wildman–Crippen MR) is 93.2 cm³/mol. The molecule has 25 heavy (non-hydrogen) atoms. The molecule has 0 aromatic heterocycles. The number of carbonyl (C=O) groups excluding carboxylic acids is 2. The SMILES string of the molecule is Cc1cc([N+](=O)[O-])ccc1NC(=O)C1CC(=O)N(C2CCCCC2)C1. The Bertz CT molecular complexity index is 698. The summed E-state index contributed by atoms with van der Waals surface area (Å²) >= 11 is 0. The number of hydrogen-bond acceptors (Lipinski definition) is 4. The maximum absolute atomic E-state index is 12.5. The molecule has 2 aliphatic rings. The van der Waals surface area contributed by atoms with E-state index >= 15 is 0 Å². The second-order valence-electron chi connectivity index (χ2n) is 6.98. The summed E-state index contributed by atoms with van der Waals surface area (Å²) in [5, 5.41) is 13.6. The molecule has 1 saturated carbocycles. The average molecular weight is 345 g/mol. The molecule has 7 heteroatoms. The summed E-state index contributed by atoms with van der Waals surface area (Å²) in [7, 11) is 0. The number of nitrogens with zero attached hydrogens (tertiary/aromatic N) is 2. The molecule has 0 radical (unpaired) electrons. The van der Waals surface area contributed by atoms with Crippen molar-refractivity contribution < 1.29 is 14.5 Å². The van der Waals surface area contributed by atoms with Crippen LogP contribution in [-0.4, -0.2) is 34.2 Å². The predicted octanol–water partition coefficient (Wildman–Crippen LogP) is 3.02. The van der Waals surface area contributed by atoms with Gasteiger partial charge in [0.15, 0.2) is 0 Å². The molecule has 1 unspecified atom stereocenters. The van der Waals surface area contributed by atoms with Gasteiger partial charge in [-0.3, -0.25) is 19.7 Å². The second-order valence-corrected chi connectivity index (χ2v) is 6.98. The first kappa shape index (κ1) is 17.4. The zero-order valence-electron chi connectivity index (χ0n) is 14.4. The molecular weight excluding hydrogens is 322 g/mol. The van der Waals surface area contributed by atoms with E-state index in [-0.39, 0.29) is 35.9 Å². The Kier molecular flexibility index (Phi) is 5.01. The van der Waals surface area contributed by atoms with Crippen LogP contribution in [0.3, 0.4) is 0 Å². The topological polar surface area (TPSA) is 92.5 Å². The van der Waals surface area contributed by atoms with E-state index in [0.29, 0.717) is 17.8 Å². The molecule has 3 rings (SSSR count). The number of amides is 2. The third-order valence-corrected chi connectivity index (χ3v) is 5.22. The summed E-state index contributed by atoms with van der Waals surface area (Å²) in [4.78, 5) is 37.0. The van der Waals surface area contributed by atoms with Gasteiger partial charge in [0.1, 0.15) is 0 Å². The average Bonchev–Trinajstić information content (AvgIpc) is 2.99. The van der Waals surface area contributed by atoms with E-state index in [2.05, 4.69) is 5.32 Å². The van der Waals surface area contributed by atoms with E-state index in [4.69, 9.17) is 0 Å². The lowest BCUT2D eigenvalue weighted by Crippen LogP contribution is -2.38. The van der Waals surface area contributed by atoms with Gasteiger partial charge in [0, 0.05) is 36.8 Å². The van der Waals surface area contributed by atoms with Crippen LogP contribution in [0.25, 0.3) is 0 Å².